The van der Waals surface area contributed by atoms with E-state index < -0.39 is 0 Å². The second-order valence-electron chi connectivity index (χ2n) is 4.41. The highest BCUT2D eigenvalue weighted by atomic mass is 16.5. The zero-order valence-corrected chi connectivity index (χ0v) is 9.10. The molecule has 1 saturated carbocycles. The molecule has 0 unspecified atom stereocenters. The van der Waals surface area contributed by atoms with E-state index in [4.69, 9.17) is 4.74 Å². The van der Waals surface area contributed by atoms with Crippen molar-refractivity contribution in [3.05, 3.63) is 29.8 Å². The molecule has 1 heterocycles. The first-order valence-electron chi connectivity index (χ1n) is 5.41. The fourth-order valence-electron chi connectivity index (χ4n) is 2.49. The van der Waals surface area contributed by atoms with Crippen LogP contribution in [0.2, 0.25) is 0 Å². The van der Waals surface area contributed by atoms with Gasteiger partial charge in [0.25, 0.3) is 0 Å². The number of rotatable bonds is 2. The first-order valence-corrected chi connectivity index (χ1v) is 5.41. The van der Waals surface area contributed by atoms with Crippen LogP contribution in [-0.2, 0) is 0 Å². The number of methoxy groups -OCH3 is 1. The van der Waals surface area contributed by atoms with Crippen molar-refractivity contribution in [3.63, 3.8) is 0 Å². The molecule has 0 radical (unpaired) electrons. The Hall–Kier alpha value is -1.82. The zero-order chi connectivity index (χ0) is 11.2. The van der Waals surface area contributed by atoms with Gasteiger partial charge in [0, 0.05) is 18.0 Å². The number of ether oxygens (including phenoxy) is 1. The van der Waals surface area contributed by atoms with E-state index in [1.165, 1.54) is 0 Å². The summed E-state index contributed by atoms with van der Waals surface area (Å²) in [5.41, 5.74) is 1.70. The van der Waals surface area contributed by atoms with Gasteiger partial charge >= 0.3 is 0 Å². The molecule has 1 aromatic carbocycles. The van der Waals surface area contributed by atoms with E-state index in [0.717, 1.165) is 30.0 Å². The third kappa shape index (κ3) is 1.10. The number of fused-ring (bicyclic) bond motifs is 1. The maximum Gasteiger partial charge on any atom is 0.119 e. The Morgan fingerprint density at radius 3 is 3.12 bits per heavy atom. The Balaban J connectivity index is 2.02. The summed E-state index contributed by atoms with van der Waals surface area (Å²) in [4.78, 5) is 4.49. The summed E-state index contributed by atoms with van der Waals surface area (Å²) >= 11 is 0. The zero-order valence-electron chi connectivity index (χ0n) is 9.10. The second-order valence-corrected chi connectivity index (χ2v) is 4.41. The molecule has 1 aliphatic carbocycles. The minimum Gasteiger partial charge on any atom is -0.497 e. The molecule has 0 N–H and O–H groups in total. The lowest BCUT2D eigenvalue weighted by Crippen LogP contribution is -2.13. The van der Waals surface area contributed by atoms with Gasteiger partial charge in [-0.2, -0.15) is 5.26 Å². The average Bonchev–Trinajstić information content (AvgIpc) is 2.95. The van der Waals surface area contributed by atoms with Crippen molar-refractivity contribution in [2.45, 2.75) is 6.42 Å². The van der Waals surface area contributed by atoms with Gasteiger partial charge in [-0.05, 0) is 18.6 Å². The van der Waals surface area contributed by atoms with Crippen molar-refractivity contribution in [2.75, 3.05) is 13.7 Å². The average molecular weight is 212 g/mol. The smallest absolute Gasteiger partial charge is 0.119 e. The van der Waals surface area contributed by atoms with E-state index in [2.05, 4.69) is 11.1 Å². The van der Waals surface area contributed by atoms with E-state index in [1.54, 1.807) is 7.11 Å². The lowest BCUT2D eigenvalue weighted by molar-refractivity contribution is 0.414. The first-order chi connectivity index (χ1) is 7.80. The van der Waals surface area contributed by atoms with Gasteiger partial charge in [0.2, 0.25) is 0 Å². The Kier molecular flexibility index (Phi) is 1.81. The number of aliphatic imine (C=N–C) groups is 1. The van der Waals surface area contributed by atoms with Crippen molar-refractivity contribution in [1.29, 1.82) is 5.26 Å². The van der Waals surface area contributed by atoms with Crippen LogP contribution in [0.3, 0.4) is 0 Å². The summed E-state index contributed by atoms with van der Waals surface area (Å²) in [6.45, 7) is 0.806. The number of nitrogens with zero attached hydrogens (tertiary/aromatic N) is 2. The van der Waals surface area contributed by atoms with Crippen LogP contribution in [0, 0.1) is 22.7 Å². The van der Waals surface area contributed by atoms with Crippen LogP contribution >= 0.6 is 0 Å². The van der Waals surface area contributed by atoms with Crippen LogP contribution in [0.25, 0.3) is 0 Å². The maximum absolute atomic E-state index is 9.26. The van der Waals surface area contributed by atoms with Crippen molar-refractivity contribution >= 4 is 5.71 Å². The highest BCUT2D eigenvalue weighted by Gasteiger charge is 2.61. The largest absolute Gasteiger partial charge is 0.497 e. The van der Waals surface area contributed by atoms with Crippen molar-refractivity contribution in [3.8, 4) is 11.8 Å². The minimum absolute atomic E-state index is 0.285. The van der Waals surface area contributed by atoms with E-state index in [9.17, 15) is 5.26 Å². The second kappa shape index (κ2) is 3.08. The van der Waals surface area contributed by atoms with Crippen molar-refractivity contribution < 1.29 is 4.74 Å². The van der Waals surface area contributed by atoms with Crippen LogP contribution in [0.5, 0.6) is 5.75 Å². The van der Waals surface area contributed by atoms with Crippen molar-refractivity contribution in [1.82, 2.24) is 0 Å². The highest BCUT2D eigenvalue weighted by Crippen LogP contribution is 2.58. The molecule has 0 amide bonds. The Morgan fingerprint density at radius 2 is 2.44 bits per heavy atom. The van der Waals surface area contributed by atoms with Gasteiger partial charge in [-0.1, -0.05) is 12.1 Å². The number of nitriles is 1. The molecule has 3 rings (SSSR count). The van der Waals surface area contributed by atoms with E-state index >= 15 is 0 Å². The van der Waals surface area contributed by atoms with Crippen LogP contribution in [0.4, 0.5) is 0 Å². The summed E-state index contributed by atoms with van der Waals surface area (Å²) in [5, 5.41) is 9.26. The molecule has 1 aliphatic heterocycles. The fraction of sp³-hybridized carbons (Fsp3) is 0.385. The van der Waals surface area contributed by atoms with Gasteiger partial charge in [-0.25, -0.2) is 0 Å². The van der Waals surface area contributed by atoms with E-state index in [1.807, 2.05) is 24.3 Å². The molecule has 2 atom stereocenters. The van der Waals surface area contributed by atoms with Crippen LogP contribution in [-0.4, -0.2) is 19.4 Å². The summed E-state index contributed by atoms with van der Waals surface area (Å²) in [7, 11) is 1.65. The summed E-state index contributed by atoms with van der Waals surface area (Å²) in [6.07, 6.45) is 0.972. The Labute approximate surface area is 94.4 Å². The molecule has 0 bridgehead atoms. The molecular formula is C13H12N2O. The lowest BCUT2D eigenvalue weighted by Gasteiger charge is -2.09. The van der Waals surface area contributed by atoms with Gasteiger partial charge in [-0.15, -0.1) is 0 Å². The van der Waals surface area contributed by atoms with E-state index in [0.29, 0.717) is 5.92 Å². The number of hydrogen-bond acceptors (Lipinski definition) is 3. The molecule has 80 valence electrons. The monoisotopic (exact) mass is 212 g/mol. The minimum atomic E-state index is -0.285. The predicted octanol–water partition coefficient (Wildman–Crippen LogP) is 2.03. The molecule has 0 aromatic heterocycles. The molecule has 2 aliphatic rings. The Morgan fingerprint density at radius 1 is 1.56 bits per heavy atom. The first kappa shape index (κ1) is 9.41. The Bertz CT molecular complexity index is 515. The number of benzene rings is 1. The molecular weight excluding hydrogens is 200 g/mol. The van der Waals surface area contributed by atoms with Gasteiger partial charge in [0.15, 0.2) is 0 Å². The molecule has 16 heavy (non-hydrogen) atoms. The summed E-state index contributed by atoms with van der Waals surface area (Å²) in [5.74, 6) is 1.27. The third-order valence-corrected chi connectivity index (χ3v) is 3.54. The van der Waals surface area contributed by atoms with Gasteiger partial charge in [0.05, 0.1) is 18.9 Å². The highest BCUT2D eigenvalue weighted by molar-refractivity contribution is 6.10. The van der Waals surface area contributed by atoms with Gasteiger partial charge in [0.1, 0.15) is 11.2 Å². The van der Waals surface area contributed by atoms with Crippen molar-refractivity contribution in [2.24, 2.45) is 16.3 Å². The molecule has 1 fully saturated rings. The molecule has 3 nitrogen and oxygen atoms in total. The van der Waals surface area contributed by atoms with Gasteiger partial charge in [-0.3, -0.25) is 4.99 Å². The summed E-state index contributed by atoms with van der Waals surface area (Å²) < 4.78 is 5.19. The SMILES string of the molecule is COc1cccc(C2=NC[C@@H]3C[C@]23C#N)c1. The van der Waals surface area contributed by atoms with E-state index in [-0.39, 0.29) is 5.41 Å². The fourth-order valence-corrected chi connectivity index (χ4v) is 2.49. The van der Waals surface area contributed by atoms with Crippen LogP contribution in [0.15, 0.2) is 29.3 Å². The topological polar surface area (TPSA) is 45.4 Å². The predicted molar refractivity (Wildman–Crippen MR) is 60.6 cm³/mol. The molecule has 0 saturated heterocycles. The molecule has 1 aromatic rings. The molecule has 0 spiro atoms. The third-order valence-electron chi connectivity index (χ3n) is 3.54. The normalized spacial score (nSPS) is 30.2. The standard InChI is InChI=1S/C13H12N2O/c1-16-11-4-2-3-9(5-11)12-13(8-14)6-10(13)7-15-12/h2-5,10H,6-7H2,1H3/t10-,13+/m0/s1. The van der Waals surface area contributed by atoms with Gasteiger partial charge < -0.3 is 4.74 Å². The lowest BCUT2D eigenvalue weighted by atomic mass is 9.94. The van der Waals surface area contributed by atoms with Crippen LogP contribution < -0.4 is 4.74 Å². The summed E-state index contributed by atoms with van der Waals surface area (Å²) in [6, 6.07) is 10.2. The quantitative estimate of drug-likeness (QED) is 0.753. The maximum atomic E-state index is 9.26. The molecule has 3 heteroatoms. The van der Waals surface area contributed by atoms with Crippen LogP contribution in [0.1, 0.15) is 12.0 Å². The number of hydrogen-bond donors (Lipinski definition) is 0.